The molecule has 2 aromatic rings. The number of methoxy groups -OCH3 is 1. The molecule has 0 fully saturated rings. The van der Waals surface area contributed by atoms with Gasteiger partial charge in [-0.1, -0.05) is 30.3 Å². The third-order valence-corrected chi connectivity index (χ3v) is 3.71. The van der Waals surface area contributed by atoms with Gasteiger partial charge in [0.1, 0.15) is 0 Å². The summed E-state index contributed by atoms with van der Waals surface area (Å²) in [6.45, 7) is 2.56. The van der Waals surface area contributed by atoms with E-state index in [4.69, 9.17) is 4.74 Å². The molecule has 0 aliphatic heterocycles. The Morgan fingerprint density at radius 3 is 2.56 bits per heavy atom. The summed E-state index contributed by atoms with van der Waals surface area (Å²) in [7, 11) is 3.22. The maximum atomic E-state index is 12.3. The van der Waals surface area contributed by atoms with Crippen LogP contribution in [0.1, 0.15) is 11.1 Å². The molecule has 0 bridgehead atoms. The number of amides is 1. The quantitative estimate of drug-likeness (QED) is 0.617. The second kappa shape index (κ2) is 8.25. The van der Waals surface area contributed by atoms with Crippen molar-refractivity contribution in [2.75, 3.05) is 26.0 Å². The van der Waals surface area contributed by atoms with E-state index in [0.29, 0.717) is 17.8 Å². The first kappa shape index (κ1) is 18.4. The lowest BCUT2D eigenvalue weighted by atomic mass is 10.1. The Labute approximate surface area is 146 Å². The summed E-state index contributed by atoms with van der Waals surface area (Å²) in [5.74, 6) is -0.0824. The number of rotatable bonds is 7. The number of hydrogen-bond donors (Lipinski definition) is 1. The maximum Gasteiger partial charge on any atom is 0.311 e. The molecule has 2 rings (SSSR count). The fraction of sp³-hybridized carbons (Fsp3) is 0.278. The van der Waals surface area contributed by atoms with E-state index in [1.165, 1.54) is 19.2 Å². The first-order valence-corrected chi connectivity index (χ1v) is 7.76. The molecule has 132 valence electrons. The number of aryl methyl sites for hydroxylation is 1. The molecule has 0 atom stereocenters. The summed E-state index contributed by atoms with van der Waals surface area (Å²) in [6, 6.07) is 12.7. The van der Waals surface area contributed by atoms with E-state index in [1.807, 2.05) is 42.3 Å². The average Bonchev–Trinajstić information content (AvgIpc) is 2.56. The minimum atomic E-state index is -0.509. The second-order valence-corrected chi connectivity index (χ2v) is 5.80. The van der Waals surface area contributed by atoms with E-state index in [0.717, 1.165) is 5.56 Å². The Bertz CT molecular complexity index is 762. The van der Waals surface area contributed by atoms with Crippen LogP contribution in [0, 0.1) is 17.0 Å². The third-order valence-electron chi connectivity index (χ3n) is 3.71. The lowest BCUT2D eigenvalue weighted by molar-refractivity contribution is -0.385. The lowest BCUT2D eigenvalue weighted by Crippen LogP contribution is -2.30. The van der Waals surface area contributed by atoms with Gasteiger partial charge in [0, 0.05) is 24.4 Å². The lowest BCUT2D eigenvalue weighted by Gasteiger charge is -2.17. The Balaban J connectivity index is 2.03. The van der Waals surface area contributed by atoms with Crippen LogP contribution in [0.4, 0.5) is 11.4 Å². The minimum absolute atomic E-state index is 0.114. The van der Waals surface area contributed by atoms with E-state index >= 15 is 0 Å². The molecule has 25 heavy (non-hydrogen) atoms. The molecule has 1 amide bonds. The predicted molar refractivity (Wildman–Crippen MR) is 95.8 cm³/mol. The van der Waals surface area contributed by atoms with Crippen molar-refractivity contribution in [3.63, 3.8) is 0 Å². The van der Waals surface area contributed by atoms with Crippen LogP contribution < -0.4 is 10.1 Å². The third kappa shape index (κ3) is 5.02. The van der Waals surface area contributed by atoms with Crippen molar-refractivity contribution < 1.29 is 14.5 Å². The number of nitrogens with one attached hydrogen (secondary N) is 1. The van der Waals surface area contributed by atoms with Crippen molar-refractivity contribution in [3.8, 4) is 5.75 Å². The van der Waals surface area contributed by atoms with Crippen molar-refractivity contribution in [2.24, 2.45) is 0 Å². The van der Waals surface area contributed by atoms with Gasteiger partial charge in [0.05, 0.1) is 18.6 Å². The van der Waals surface area contributed by atoms with Gasteiger partial charge in [-0.05, 0) is 25.1 Å². The standard InChI is InChI=1S/C18H21N3O4/c1-13-9-16(21(23)24)17(25-3)10-15(13)19-18(22)12-20(2)11-14-7-5-4-6-8-14/h4-10H,11-12H2,1-3H3,(H,19,22). The predicted octanol–water partition coefficient (Wildman–Crippen LogP) is 2.98. The first-order valence-electron chi connectivity index (χ1n) is 7.76. The van der Waals surface area contributed by atoms with Crippen LogP contribution in [0.25, 0.3) is 0 Å². The number of anilines is 1. The molecular formula is C18H21N3O4. The summed E-state index contributed by atoms with van der Waals surface area (Å²) < 4.78 is 5.04. The van der Waals surface area contributed by atoms with E-state index in [-0.39, 0.29) is 23.9 Å². The highest BCUT2D eigenvalue weighted by atomic mass is 16.6. The molecule has 2 aromatic carbocycles. The molecule has 0 radical (unpaired) electrons. The zero-order valence-electron chi connectivity index (χ0n) is 14.5. The molecule has 7 heteroatoms. The number of likely N-dealkylation sites (N-methyl/N-ethyl adjacent to an activating group) is 1. The Morgan fingerprint density at radius 1 is 1.28 bits per heavy atom. The van der Waals surface area contributed by atoms with Crippen molar-refractivity contribution in [2.45, 2.75) is 13.5 Å². The number of carbonyl (C=O) groups is 1. The minimum Gasteiger partial charge on any atom is -0.490 e. The summed E-state index contributed by atoms with van der Waals surface area (Å²) in [6.07, 6.45) is 0. The van der Waals surface area contributed by atoms with Gasteiger partial charge >= 0.3 is 5.69 Å². The molecule has 0 saturated carbocycles. The zero-order valence-corrected chi connectivity index (χ0v) is 14.5. The van der Waals surface area contributed by atoms with Crippen molar-refractivity contribution in [3.05, 3.63) is 63.7 Å². The summed E-state index contributed by atoms with van der Waals surface area (Å²) in [4.78, 5) is 24.7. The van der Waals surface area contributed by atoms with Crippen LogP contribution in [0.2, 0.25) is 0 Å². The molecule has 0 saturated heterocycles. The van der Waals surface area contributed by atoms with E-state index < -0.39 is 4.92 Å². The highest BCUT2D eigenvalue weighted by Crippen LogP contribution is 2.32. The van der Waals surface area contributed by atoms with Crippen molar-refractivity contribution in [1.82, 2.24) is 4.90 Å². The number of benzene rings is 2. The smallest absolute Gasteiger partial charge is 0.311 e. The highest BCUT2D eigenvalue weighted by Gasteiger charge is 2.18. The SMILES string of the molecule is COc1cc(NC(=O)CN(C)Cc2ccccc2)c(C)cc1[N+](=O)[O-]. The second-order valence-electron chi connectivity index (χ2n) is 5.80. The summed E-state index contributed by atoms with van der Waals surface area (Å²) in [5.41, 5.74) is 2.09. The van der Waals surface area contributed by atoms with Gasteiger partial charge in [-0.2, -0.15) is 0 Å². The average molecular weight is 343 g/mol. The van der Waals surface area contributed by atoms with Crippen LogP contribution in [0.5, 0.6) is 5.75 Å². The van der Waals surface area contributed by atoms with Gasteiger partial charge in [0.25, 0.3) is 0 Å². The molecular weight excluding hydrogens is 322 g/mol. The zero-order chi connectivity index (χ0) is 18.4. The van der Waals surface area contributed by atoms with Gasteiger partial charge in [-0.3, -0.25) is 19.8 Å². The van der Waals surface area contributed by atoms with Crippen molar-refractivity contribution >= 4 is 17.3 Å². The largest absolute Gasteiger partial charge is 0.490 e. The number of nitro groups is 1. The number of hydrogen-bond acceptors (Lipinski definition) is 5. The number of nitro benzene ring substituents is 1. The molecule has 0 heterocycles. The Hall–Kier alpha value is -2.93. The molecule has 0 spiro atoms. The number of carbonyl (C=O) groups excluding carboxylic acids is 1. The van der Waals surface area contributed by atoms with E-state index in [9.17, 15) is 14.9 Å². The van der Waals surface area contributed by atoms with Crippen molar-refractivity contribution in [1.29, 1.82) is 0 Å². The van der Waals surface area contributed by atoms with Gasteiger partial charge in [0.2, 0.25) is 5.91 Å². The number of ether oxygens (including phenoxy) is 1. The summed E-state index contributed by atoms with van der Waals surface area (Å²) >= 11 is 0. The molecule has 0 aliphatic carbocycles. The molecule has 0 aromatic heterocycles. The molecule has 7 nitrogen and oxygen atoms in total. The topological polar surface area (TPSA) is 84.7 Å². The molecule has 1 N–H and O–H groups in total. The maximum absolute atomic E-state index is 12.3. The number of nitrogens with zero attached hydrogens (tertiary/aromatic N) is 2. The normalized spacial score (nSPS) is 10.6. The highest BCUT2D eigenvalue weighted by molar-refractivity contribution is 5.93. The first-order chi connectivity index (χ1) is 11.9. The Kier molecular flexibility index (Phi) is 6.08. The van der Waals surface area contributed by atoms with Crippen LogP contribution in [-0.4, -0.2) is 36.4 Å². The Morgan fingerprint density at radius 2 is 1.96 bits per heavy atom. The van der Waals surface area contributed by atoms with E-state index in [1.54, 1.807) is 6.92 Å². The van der Waals surface area contributed by atoms with Gasteiger partial charge in [-0.15, -0.1) is 0 Å². The van der Waals surface area contributed by atoms with Gasteiger partial charge in [-0.25, -0.2) is 0 Å². The van der Waals surface area contributed by atoms with Crippen LogP contribution in [-0.2, 0) is 11.3 Å². The monoisotopic (exact) mass is 343 g/mol. The summed E-state index contributed by atoms with van der Waals surface area (Å²) in [5, 5.41) is 13.8. The van der Waals surface area contributed by atoms with E-state index in [2.05, 4.69) is 5.32 Å². The van der Waals surface area contributed by atoms with Crippen LogP contribution in [0.3, 0.4) is 0 Å². The fourth-order valence-electron chi connectivity index (χ4n) is 2.50. The van der Waals surface area contributed by atoms with Gasteiger partial charge in [0.15, 0.2) is 5.75 Å². The fourth-order valence-corrected chi connectivity index (χ4v) is 2.50. The van der Waals surface area contributed by atoms with Crippen LogP contribution >= 0.6 is 0 Å². The van der Waals surface area contributed by atoms with Gasteiger partial charge < -0.3 is 10.1 Å². The van der Waals surface area contributed by atoms with Crippen LogP contribution in [0.15, 0.2) is 42.5 Å². The molecule has 0 aliphatic rings. The molecule has 0 unspecified atom stereocenters.